The first-order chi connectivity index (χ1) is 18.0. The van der Waals surface area contributed by atoms with E-state index >= 15 is 4.39 Å². The molecule has 0 spiro atoms. The van der Waals surface area contributed by atoms with E-state index in [-0.39, 0.29) is 35.4 Å². The number of nitriles is 1. The maximum Gasteiger partial charge on any atom is 0.308 e. The van der Waals surface area contributed by atoms with Crippen molar-refractivity contribution in [2.45, 2.75) is 18.3 Å². The Hall–Kier alpha value is -4.58. The molecule has 37 heavy (non-hydrogen) atoms. The number of hydrogen-bond donors (Lipinski definition) is 2. The first-order valence-corrected chi connectivity index (χ1v) is 11.8. The van der Waals surface area contributed by atoms with Crippen molar-refractivity contribution in [1.82, 2.24) is 10.2 Å². The van der Waals surface area contributed by atoms with E-state index in [0.29, 0.717) is 37.2 Å². The number of hydrogen-bond acceptors (Lipinski definition) is 6. The zero-order valence-electron chi connectivity index (χ0n) is 20.4. The van der Waals surface area contributed by atoms with E-state index in [0.717, 1.165) is 0 Å². The van der Waals surface area contributed by atoms with Gasteiger partial charge in [0.1, 0.15) is 28.6 Å². The number of nitrogens with one attached hydrogen (secondary N) is 1. The molecule has 1 saturated heterocycles. The second kappa shape index (κ2) is 11.4. The number of phenolic OH excluding ortho intramolecular Hbond substituents is 1. The maximum atomic E-state index is 15.0. The molecule has 0 radical (unpaired) electrons. The molecule has 2 N–H and O–H groups in total. The molecule has 9 heteroatoms. The van der Waals surface area contributed by atoms with Gasteiger partial charge in [0, 0.05) is 25.0 Å². The quantitative estimate of drug-likeness (QED) is 0.297. The predicted molar refractivity (Wildman–Crippen MR) is 136 cm³/mol. The lowest BCUT2D eigenvalue weighted by Crippen LogP contribution is -2.51. The van der Waals surface area contributed by atoms with Gasteiger partial charge in [-0.1, -0.05) is 42.5 Å². The van der Waals surface area contributed by atoms with E-state index in [9.17, 15) is 15.2 Å². The molecule has 1 aliphatic rings. The third kappa shape index (κ3) is 5.64. The molecule has 190 valence electrons. The van der Waals surface area contributed by atoms with E-state index in [2.05, 4.69) is 10.3 Å². The summed E-state index contributed by atoms with van der Waals surface area (Å²) in [5, 5.41) is 22.4. The van der Waals surface area contributed by atoms with Gasteiger partial charge in [-0.25, -0.2) is 4.39 Å². The summed E-state index contributed by atoms with van der Waals surface area (Å²) >= 11 is 0. The van der Waals surface area contributed by atoms with Crippen molar-refractivity contribution in [2.24, 2.45) is 4.99 Å². The summed E-state index contributed by atoms with van der Waals surface area (Å²) in [6.45, 7) is 0.956. The SMILES string of the molecule is COc1cccc(O)c1C(=O)NCC1(c2ccccc2F)CCN(C(=NC#N)Oc2ccccc2)CC1. The molecule has 0 atom stereocenters. The minimum absolute atomic E-state index is 0.0193. The molecule has 3 aromatic carbocycles. The van der Waals surface area contributed by atoms with E-state index in [1.165, 1.54) is 19.2 Å². The Balaban J connectivity index is 1.56. The summed E-state index contributed by atoms with van der Waals surface area (Å²) in [7, 11) is 1.42. The largest absolute Gasteiger partial charge is 0.507 e. The zero-order chi connectivity index (χ0) is 26.3. The number of likely N-dealkylation sites (tertiary alicyclic amines) is 1. The molecular weight excluding hydrogens is 475 g/mol. The number of ether oxygens (including phenoxy) is 2. The fraction of sp³-hybridized carbons (Fsp3) is 0.250. The van der Waals surface area contributed by atoms with Gasteiger partial charge >= 0.3 is 6.02 Å². The molecule has 0 aromatic heterocycles. The number of benzene rings is 3. The van der Waals surface area contributed by atoms with Crippen LogP contribution in [0.5, 0.6) is 17.2 Å². The number of amidine groups is 1. The minimum atomic E-state index is -0.736. The molecule has 0 bridgehead atoms. The molecule has 1 fully saturated rings. The van der Waals surface area contributed by atoms with Crippen LogP contribution in [0.15, 0.2) is 77.8 Å². The van der Waals surface area contributed by atoms with Crippen molar-refractivity contribution in [3.05, 3.63) is 89.7 Å². The van der Waals surface area contributed by atoms with Gasteiger partial charge < -0.3 is 24.8 Å². The van der Waals surface area contributed by atoms with Crippen molar-refractivity contribution in [3.63, 3.8) is 0 Å². The molecule has 0 unspecified atom stereocenters. The lowest BCUT2D eigenvalue weighted by atomic mass is 9.72. The van der Waals surface area contributed by atoms with Crippen LogP contribution in [0.25, 0.3) is 0 Å². The highest BCUT2D eigenvalue weighted by atomic mass is 19.1. The Morgan fingerprint density at radius 3 is 2.49 bits per heavy atom. The monoisotopic (exact) mass is 502 g/mol. The first-order valence-electron chi connectivity index (χ1n) is 11.8. The third-order valence-electron chi connectivity index (χ3n) is 6.57. The predicted octanol–water partition coefficient (Wildman–Crippen LogP) is 4.22. The van der Waals surface area contributed by atoms with Crippen molar-refractivity contribution in [3.8, 4) is 23.4 Å². The second-order valence-electron chi connectivity index (χ2n) is 8.69. The first kappa shape index (κ1) is 25.5. The standard InChI is InChI=1S/C28H27FN4O4/c1-36-24-13-7-12-23(34)25(24)26(35)31-18-28(21-10-5-6-11-22(21)29)14-16-33(17-15-28)27(32-19-30)37-20-8-3-2-4-9-20/h2-13,34H,14-18H2,1H3,(H,31,35). The van der Waals surface area contributed by atoms with Gasteiger partial charge in [0.05, 0.1) is 7.11 Å². The van der Waals surface area contributed by atoms with E-state index in [1.807, 2.05) is 23.1 Å². The Morgan fingerprint density at radius 2 is 1.81 bits per heavy atom. The molecule has 1 heterocycles. The number of methoxy groups -OCH3 is 1. The van der Waals surface area contributed by atoms with Crippen LogP contribution in [-0.2, 0) is 5.41 Å². The average Bonchev–Trinajstić information content (AvgIpc) is 2.92. The van der Waals surface area contributed by atoms with Gasteiger partial charge in [-0.3, -0.25) is 4.79 Å². The topological polar surface area (TPSA) is 107 Å². The van der Waals surface area contributed by atoms with Crippen LogP contribution < -0.4 is 14.8 Å². The van der Waals surface area contributed by atoms with E-state index in [4.69, 9.17) is 9.47 Å². The zero-order valence-corrected chi connectivity index (χ0v) is 20.4. The number of amides is 1. The summed E-state index contributed by atoms with van der Waals surface area (Å²) in [6.07, 6.45) is 2.70. The number of halogens is 1. The van der Waals surface area contributed by atoms with Crippen LogP contribution in [-0.4, -0.2) is 48.7 Å². The van der Waals surface area contributed by atoms with Gasteiger partial charge in [-0.15, -0.1) is 4.99 Å². The fourth-order valence-corrected chi connectivity index (χ4v) is 4.61. The fourth-order valence-electron chi connectivity index (χ4n) is 4.61. The summed E-state index contributed by atoms with van der Waals surface area (Å²) < 4.78 is 26.1. The number of para-hydroxylation sites is 1. The lowest BCUT2D eigenvalue weighted by Gasteiger charge is -2.42. The van der Waals surface area contributed by atoms with E-state index < -0.39 is 11.3 Å². The lowest BCUT2D eigenvalue weighted by molar-refractivity contribution is 0.0923. The molecule has 0 saturated carbocycles. The van der Waals surface area contributed by atoms with Crippen LogP contribution >= 0.6 is 0 Å². The maximum absolute atomic E-state index is 15.0. The molecular formula is C28H27FN4O4. The van der Waals surface area contributed by atoms with Crippen molar-refractivity contribution < 1.29 is 23.8 Å². The summed E-state index contributed by atoms with van der Waals surface area (Å²) in [6, 6.07) is 20.3. The van der Waals surface area contributed by atoms with Gasteiger partial charge in [0.2, 0.25) is 6.19 Å². The van der Waals surface area contributed by atoms with Gasteiger partial charge in [-0.2, -0.15) is 5.26 Å². The van der Waals surface area contributed by atoms with Gasteiger partial charge in [0.25, 0.3) is 5.91 Å². The average molecular weight is 503 g/mol. The number of carbonyl (C=O) groups excluding carboxylic acids is 1. The summed E-state index contributed by atoms with van der Waals surface area (Å²) in [5.41, 5.74) is -0.229. The smallest absolute Gasteiger partial charge is 0.308 e. The highest BCUT2D eigenvalue weighted by Gasteiger charge is 2.40. The summed E-state index contributed by atoms with van der Waals surface area (Å²) in [4.78, 5) is 18.8. The minimum Gasteiger partial charge on any atom is -0.507 e. The van der Waals surface area contributed by atoms with Crippen LogP contribution in [0, 0.1) is 17.3 Å². The number of piperidine rings is 1. The summed E-state index contributed by atoms with van der Waals surface area (Å²) in [5.74, 6) is -0.306. The Labute approximate surface area is 214 Å². The normalized spacial score (nSPS) is 14.9. The van der Waals surface area contributed by atoms with Crippen LogP contribution in [0.4, 0.5) is 4.39 Å². The van der Waals surface area contributed by atoms with Crippen molar-refractivity contribution in [1.29, 1.82) is 5.26 Å². The highest BCUT2D eigenvalue weighted by molar-refractivity contribution is 5.99. The Morgan fingerprint density at radius 1 is 1.11 bits per heavy atom. The Kier molecular flexibility index (Phi) is 7.89. The number of carbonyl (C=O) groups is 1. The van der Waals surface area contributed by atoms with Crippen LogP contribution in [0.1, 0.15) is 28.8 Å². The number of nitrogens with zero attached hydrogens (tertiary/aromatic N) is 3. The third-order valence-corrected chi connectivity index (χ3v) is 6.57. The highest BCUT2D eigenvalue weighted by Crippen LogP contribution is 2.37. The molecule has 8 nitrogen and oxygen atoms in total. The molecule has 4 rings (SSSR count). The number of rotatable bonds is 6. The molecule has 0 aliphatic carbocycles. The number of phenols is 1. The number of aromatic hydroxyl groups is 1. The molecule has 1 amide bonds. The molecule has 1 aliphatic heterocycles. The van der Waals surface area contributed by atoms with Gasteiger partial charge in [-0.05, 0) is 48.7 Å². The number of aliphatic imine (C=N–C) groups is 1. The van der Waals surface area contributed by atoms with Crippen LogP contribution in [0.3, 0.4) is 0 Å². The second-order valence-corrected chi connectivity index (χ2v) is 8.69. The van der Waals surface area contributed by atoms with Crippen molar-refractivity contribution in [2.75, 3.05) is 26.7 Å². The van der Waals surface area contributed by atoms with E-state index in [1.54, 1.807) is 48.7 Å². The van der Waals surface area contributed by atoms with Crippen molar-refractivity contribution >= 4 is 11.9 Å². The molecule has 3 aromatic rings. The Bertz CT molecular complexity index is 1320. The van der Waals surface area contributed by atoms with Gasteiger partial charge in [0.15, 0.2) is 0 Å². The van der Waals surface area contributed by atoms with Crippen LogP contribution in [0.2, 0.25) is 0 Å².